The van der Waals surface area contributed by atoms with Crippen molar-refractivity contribution in [1.82, 2.24) is 5.32 Å². The zero-order valence-electron chi connectivity index (χ0n) is 9.70. The van der Waals surface area contributed by atoms with Crippen LogP contribution in [-0.2, 0) is 6.54 Å². The molecule has 0 spiro atoms. The maximum Gasteiger partial charge on any atom is 0.162 e. The Hall–Kier alpha value is -1.26. The van der Waals surface area contributed by atoms with E-state index in [0.717, 1.165) is 18.5 Å². The number of phenols is 1. The van der Waals surface area contributed by atoms with Crippen molar-refractivity contribution in [3.63, 3.8) is 0 Å². The van der Waals surface area contributed by atoms with E-state index in [1.54, 1.807) is 6.07 Å². The lowest BCUT2D eigenvalue weighted by atomic mass is 10.2. The van der Waals surface area contributed by atoms with Gasteiger partial charge in [-0.05, 0) is 32.5 Å². The Morgan fingerprint density at radius 1 is 1.44 bits per heavy atom. The summed E-state index contributed by atoms with van der Waals surface area (Å²) in [6.45, 7) is 4.61. The summed E-state index contributed by atoms with van der Waals surface area (Å²) in [4.78, 5) is 0. The Labute approximate surface area is 96.4 Å². The lowest BCUT2D eigenvalue weighted by molar-refractivity contribution is 0.316. The summed E-state index contributed by atoms with van der Waals surface area (Å²) in [7, 11) is 0. The molecule has 0 aromatic heterocycles. The van der Waals surface area contributed by atoms with E-state index < -0.39 is 0 Å². The molecule has 4 N–H and O–H groups in total. The van der Waals surface area contributed by atoms with Crippen LogP contribution in [0.1, 0.15) is 18.9 Å². The van der Waals surface area contributed by atoms with Crippen molar-refractivity contribution in [2.45, 2.75) is 19.9 Å². The summed E-state index contributed by atoms with van der Waals surface area (Å²) >= 11 is 0. The molecule has 4 heteroatoms. The third-order valence-electron chi connectivity index (χ3n) is 2.26. The second-order valence-electron chi connectivity index (χ2n) is 3.52. The minimum absolute atomic E-state index is 0.226. The third-order valence-corrected chi connectivity index (χ3v) is 2.26. The number of nitrogens with one attached hydrogen (secondary N) is 1. The number of phenolic OH excluding ortho intramolecular Hbond substituents is 1. The van der Waals surface area contributed by atoms with Gasteiger partial charge in [0.05, 0.1) is 6.61 Å². The highest BCUT2D eigenvalue weighted by Gasteiger charge is 2.06. The molecule has 90 valence electrons. The number of hydrogen-bond acceptors (Lipinski definition) is 4. The van der Waals surface area contributed by atoms with Crippen molar-refractivity contribution in [1.29, 1.82) is 0 Å². The second kappa shape index (κ2) is 7.09. The first-order valence-corrected chi connectivity index (χ1v) is 5.64. The number of nitrogens with two attached hydrogens (primary N) is 1. The first-order valence-electron chi connectivity index (χ1n) is 5.64. The van der Waals surface area contributed by atoms with Crippen molar-refractivity contribution in [3.8, 4) is 11.5 Å². The second-order valence-corrected chi connectivity index (χ2v) is 3.52. The maximum absolute atomic E-state index is 9.89. The zero-order chi connectivity index (χ0) is 11.8. The van der Waals surface area contributed by atoms with Crippen LogP contribution in [0, 0.1) is 0 Å². The molecule has 0 atom stereocenters. The predicted octanol–water partition coefficient (Wildman–Crippen LogP) is 1.23. The lowest BCUT2D eigenvalue weighted by Crippen LogP contribution is -2.17. The molecular formula is C12H20N2O2. The number of rotatable bonds is 7. The number of ether oxygens (including phenoxy) is 1. The van der Waals surface area contributed by atoms with Crippen LogP contribution in [0.25, 0.3) is 0 Å². The zero-order valence-corrected chi connectivity index (χ0v) is 9.70. The van der Waals surface area contributed by atoms with Gasteiger partial charge in [-0.2, -0.15) is 0 Å². The normalized spacial score (nSPS) is 10.4. The van der Waals surface area contributed by atoms with Crippen molar-refractivity contribution < 1.29 is 9.84 Å². The fraction of sp³-hybridized carbons (Fsp3) is 0.500. The molecule has 1 aromatic carbocycles. The first-order chi connectivity index (χ1) is 7.79. The van der Waals surface area contributed by atoms with Crippen LogP contribution in [-0.4, -0.2) is 24.8 Å². The molecule has 0 aliphatic carbocycles. The van der Waals surface area contributed by atoms with Crippen LogP contribution in [0.5, 0.6) is 11.5 Å². The largest absolute Gasteiger partial charge is 0.504 e. The Balaban J connectivity index is 2.55. The van der Waals surface area contributed by atoms with Gasteiger partial charge in [0.2, 0.25) is 0 Å². The summed E-state index contributed by atoms with van der Waals surface area (Å²) in [5.41, 5.74) is 6.24. The molecule has 16 heavy (non-hydrogen) atoms. The lowest BCUT2D eigenvalue weighted by Gasteiger charge is -2.10. The highest BCUT2D eigenvalue weighted by Crippen LogP contribution is 2.29. The average molecular weight is 224 g/mol. The minimum Gasteiger partial charge on any atom is -0.504 e. The standard InChI is InChI=1S/C12H20N2O2/c1-2-16-11-6-3-5-10(12(11)15)9-14-8-4-7-13/h3,5-6,14-15H,2,4,7-9,13H2,1H3. The van der Waals surface area contributed by atoms with Crippen molar-refractivity contribution in [3.05, 3.63) is 23.8 Å². The smallest absolute Gasteiger partial charge is 0.162 e. The van der Waals surface area contributed by atoms with Crippen molar-refractivity contribution in [2.75, 3.05) is 19.7 Å². The van der Waals surface area contributed by atoms with Gasteiger partial charge in [0.25, 0.3) is 0 Å². The highest BCUT2D eigenvalue weighted by atomic mass is 16.5. The molecule has 0 amide bonds. The van der Waals surface area contributed by atoms with Crippen LogP contribution in [0.4, 0.5) is 0 Å². The molecular weight excluding hydrogens is 204 g/mol. The van der Waals surface area contributed by atoms with Crippen LogP contribution in [0.2, 0.25) is 0 Å². The Bertz CT molecular complexity index is 316. The molecule has 0 unspecified atom stereocenters. The summed E-state index contributed by atoms with van der Waals surface area (Å²) in [5, 5.41) is 13.1. The Morgan fingerprint density at radius 3 is 2.94 bits per heavy atom. The number of para-hydroxylation sites is 1. The Morgan fingerprint density at radius 2 is 2.25 bits per heavy atom. The topological polar surface area (TPSA) is 67.5 Å². The van der Waals surface area contributed by atoms with Gasteiger partial charge in [-0.1, -0.05) is 12.1 Å². The van der Waals surface area contributed by atoms with Gasteiger partial charge in [-0.3, -0.25) is 0 Å². The van der Waals surface area contributed by atoms with Gasteiger partial charge in [0.1, 0.15) is 0 Å². The molecule has 0 heterocycles. The molecule has 0 saturated carbocycles. The van der Waals surface area contributed by atoms with E-state index in [1.807, 2.05) is 19.1 Å². The fourth-order valence-corrected chi connectivity index (χ4v) is 1.43. The average Bonchev–Trinajstić information content (AvgIpc) is 2.29. The monoisotopic (exact) mass is 224 g/mol. The molecule has 1 aromatic rings. The van der Waals surface area contributed by atoms with Gasteiger partial charge in [-0.25, -0.2) is 0 Å². The van der Waals surface area contributed by atoms with Crippen LogP contribution in [0.3, 0.4) is 0 Å². The predicted molar refractivity (Wildman–Crippen MR) is 64.7 cm³/mol. The van der Waals surface area contributed by atoms with E-state index >= 15 is 0 Å². The van der Waals surface area contributed by atoms with Crippen LogP contribution >= 0.6 is 0 Å². The summed E-state index contributed by atoms with van der Waals surface area (Å²) in [6.07, 6.45) is 0.936. The van der Waals surface area contributed by atoms with E-state index in [4.69, 9.17) is 10.5 Å². The molecule has 0 radical (unpaired) electrons. The molecule has 0 fully saturated rings. The van der Waals surface area contributed by atoms with E-state index in [1.165, 1.54) is 0 Å². The van der Waals surface area contributed by atoms with E-state index in [2.05, 4.69) is 5.32 Å². The number of hydrogen-bond donors (Lipinski definition) is 3. The first kappa shape index (κ1) is 12.8. The summed E-state index contributed by atoms with van der Waals surface area (Å²) in [5.74, 6) is 0.769. The minimum atomic E-state index is 0.226. The van der Waals surface area contributed by atoms with Crippen molar-refractivity contribution in [2.24, 2.45) is 5.73 Å². The highest BCUT2D eigenvalue weighted by molar-refractivity contribution is 5.45. The summed E-state index contributed by atoms with van der Waals surface area (Å²) < 4.78 is 5.31. The van der Waals surface area contributed by atoms with Gasteiger partial charge in [-0.15, -0.1) is 0 Å². The molecule has 0 bridgehead atoms. The van der Waals surface area contributed by atoms with Crippen molar-refractivity contribution >= 4 is 0 Å². The Kier molecular flexibility index (Phi) is 5.67. The number of aromatic hydroxyl groups is 1. The maximum atomic E-state index is 9.89. The molecule has 1 rings (SSSR count). The molecule has 0 aliphatic rings. The van der Waals surface area contributed by atoms with Crippen LogP contribution < -0.4 is 15.8 Å². The third kappa shape index (κ3) is 3.72. The molecule has 0 saturated heterocycles. The molecule has 0 aliphatic heterocycles. The van der Waals surface area contributed by atoms with Gasteiger partial charge in [0.15, 0.2) is 11.5 Å². The van der Waals surface area contributed by atoms with Gasteiger partial charge >= 0.3 is 0 Å². The van der Waals surface area contributed by atoms with E-state index in [0.29, 0.717) is 25.4 Å². The fourth-order valence-electron chi connectivity index (χ4n) is 1.43. The van der Waals surface area contributed by atoms with Crippen LogP contribution in [0.15, 0.2) is 18.2 Å². The summed E-state index contributed by atoms with van der Waals surface area (Å²) in [6, 6.07) is 5.53. The van der Waals surface area contributed by atoms with Gasteiger partial charge in [0, 0.05) is 12.1 Å². The van der Waals surface area contributed by atoms with E-state index in [-0.39, 0.29) is 5.75 Å². The number of benzene rings is 1. The molecule has 4 nitrogen and oxygen atoms in total. The van der Waals surface area contributed by atoms with E-state index in [9.17, 15) is 5.11 Å². The quantitative estimate of drug-likeness (QED) is 0.609. The SMILES string of the molecule is CCOc1cccc(CNCCCN)c1O. The van der Waals surface area contributed by atoms with Gasteiger partial charge < -0.3 is 20.9 Å².